The van der Waals surface area contributed by atoms with Gasteiger partial charge in [0, 0.05) is 7.05 Å². The molecule has 7 heavy (non-hydrogen) atoms. The molecule has 0 saturated carbocycles. The van der Waals surface area contributed by atoms with Crippen LogP contribution in [-0.4, -0.2) is 10.7 Å². The summed E-state index contributed by atoms with van der Waals surface area (Å²) in [7, 11) is 3.04. The third-order valence-electron chi connectivity index (χ3n) is 0.372. The van der Waals surface area contributed by atoms with E-state index in [1.807, 2.05) is 5.32 Å². The maximum absolute atomic E-state index is 10.1. The van der Waals surface area contributed by atoms with E-state index in [4.69, 9.17) is 23.2 Å². The molecule has 0 bridgehead atoms. The van der Waals surface area contributed by atoms with Gasteiger partial charge in [-0.05, 0) is 0 Å². The molecular weight excluding hydrogens is 137 g/mol. The number of hydrogen-bond acceptors (Lipinski definition) is 1. The number of rotatable bonds is 1. The number of halogens is 2. The highest BCUT2D eigenvalue weighted by Gasteiger charge is 2.06. The van der Waals surface area contributed by atoms with E-state index in [1.165, 1.54) is 0 Å². The number of nitrogens with one attached hydrogen (secondary N) is 1. The second-order valence-corrected chi connectivity index (χ2v) is 1.94. The summed E-state index contributed by atoms with van der Waals surface area (Å²) in [6.07, 6.45) is 0. The molecule has 4 heteroatoms. The Bertz CT molecular complexity index is 73.3. The molecule has 0 saturated heterocycles. The smallest absolute Gasteiger partial charge is 0.253 e. The van der Waals surface area contributed by atoms with Crippen LogP contribution in [0, 0.1) is 7.05 Å². The van der Waals surface area contributed by atoms with Crippen LogP contribution in [0.5, 0.6) is 0 Å². The van der Waals surface area contributed by atoms with Crippen molar-refractivity contribution >= 4 is 29.1 Å². The Morgan fingerprint density at radius 1 is 1.71 bits per heavy atom. The van der Waals surface area contributed by atoms with Crippen LogP contribution in [0.1, 0.15) is 0 Å². The highest BCUT2D eigenvalue weighted by atomic mass is 35.5. The summed E-state index contributed by atoms with van der Waals surface area (Å²) >= 11 is 10.1. The SMILES string of the molecule is [CH2]NC(=O)C(Cl)Cl. The third-order valence-corrected chi connectivity index (χ3v) is 0.769. The number of hydrogen-bond donors (Lipinski definition) is 1. The largest absolute Gasteiger partial charge is 0.352 e. The lowest BCUT2D eigenvalue weighted by molar-refractivity contribution is -0.118. The van der Waals surface area contributed by atoms with Crippen molar-refractivity contribution in [3.63, 3.8) is 0 Å². The van der Waals surface area contributed by atoms with Gasteiger partial charge in [0.2, 0.25) is 0 Å². The van der Waals surface area contributed by atoms with E-state index in [1.54, 1.807) is 0 Å². The van der Waals surface area contributed by atoms with E-state index in [0.29, 0.717) is 0 Å². The summed E-state index contributed by atoms with van der Waals surface area (Å²) < 4.78 is 0. The zero-order valence-electron chi connectivity index (χ0n) is 3.45. The van der Waals surface area contributed by atoms with E-state index in [9.17, 15) is 4.79 Å². The maximum Gasteiger partial charge on any atom is 0.253 e. The molecule has 0 fully saturated rings. The first-order chi connectivity index (χ1) is 3.18. The summed E-state index contributed by atoms with van der Waals surface area (Å²) in [5.41, 5.74) is 0. The Morgan fingerprint density at radius 3 is 2.14 bits per heavy atom. The molecule has 0 spiro atoms. The van der Waals surface area contributed by atoms with Gasteiger partial charge in [0.05, 0.1) is 0 Å². The molecule has 0 aliphatic heterocycles. The molecule has 0 aliphatic rings. The van der Waals surface area contributed by atoms with Gasteiger partial charge in [-0.3, -0.25) is 4.79 Å². The fourth-order valence-electron chi connectivity index (χ4n) is 0.0772. The van der Waals surface area contributed by atoms with E-state index < -0.39 is 10.7 Å². The van der Waals surface area contributed by atoms with Gasteiger partial charge < -0.3 is 5.32 Å². The van der Waals surface area contributed by atoms with Crippen LogP contribution >= 0.6 is 23.2 Å². The number of amides is 1. The highest BCUT2D eigenvalue weighted by Crippen LogP contribution is 1.98. The van der Waals surface area contributed by atoms with Gasteiger partial charge in [0.15, 0.2) is 4.84 Å². The zero-order chi connectivity index (χ0) is 5.86. The monoisotopic (exact) mass is 140 g/mol. The van der Waals surface area contributed by atoms with Crippen LogP contribution in [0.3, 0.4) is 0 Å². The minimum absolute atomic E-state index is 0.483. The number of alkyl halides is 2. The average molecular weight is 141 g/mol. The highest BCUT2D eigenvalue weighted by molar-refractivity contribution is 6.53. The molecular formula is C3H4Cl2NO. The van der Waals surface area contributed by atoms with Gasteiger partial charge >= 0.3 is 0 Å². The Labute approximate surface area is 51.8 Å². The minimum atomic E-state index is -1.00. The summed E-state index contributed by atoms with van der Waals surface area (Å²) in [4.78, 5) is 9.07. The van der Waals surface area contributed by atoms with Crippen molar-refractivity contribution in [2.75, 3.05) is 0 Å². The van der Waals surface area contributed by atoms with Crippen molar-refractivity contribution in [1.29, 1.82) is 0 Å². The van der Waals surface area contributed by atoms with E-state index in [-0.39, 0.29) is 0 Å². The van der Waals surface area contributed by atoms with Crippen molar-refractivity contribution in [2.24, 2.45) is 0 Å². The molecule has 0 atom stereocenters. The lowest BCUT2D eigenvalue weighted by Gasteiger charge is -1.94. The average Bonchev–Trinajstić information content (AvgIpc) is 1.65. The van der Waals surface area contributed by atoms with Crippen molar-refractivity contribution in [3.8, 4) is 0 Å². The van der Waals surface area contributed by atoms with Gasteiger partial charge in [-0.15, -0.1) is 0 Å². The predicted molar refractivity (Wildman–Crippen MR) is 29.0 cm³/mol. The van der Waals surface area contributed by atoms with Crippen molar-refractivity contribution in [2.45, 2.75) is 4.84 Å². The molecule has 1 radical (unpaired) electrons. The standard InChI is InChI=1S/C3H4Cl2NO/c1-6-3(7)2(4)5/h2H,1H2,(H,6,7). The first-order valence-electron chi connectivity index (χ1n) is 1.53. The maximum atomic E-state index is 10.1. The molecule has 0 aromatic carbocycles. The van der Waals surface area contributed by atoms with Crippen LogP contribution in [0.4, 0.5) is 0 Å². The Hall–Kier alpha value is 0.0500. The topological polar surface area (TPSA) is 29.1 Å². The van der Waals surface area contributed by atoms with Gasteiger partial charge in [0.25, 0.3) is 5.91 Å². The summed E-state index contributed by atoms with van der Waals surface area (Å²) in [6.45, 7) is 0. The van der Waals surface area contributed by atoms with Crippen LogP contribution < -0.4 is 5.32 Å². The van der Waals surface area contributed by atoms with Crippen LogP contribution in [0.25, 0.3) is 0 Å². The van der Waals surface area contributed by atoms with Crippen molar-refractivity contribution < 1.29 is 4.79 Å². The Morgan fingerprint density at radius 2 is 2.14 bits per heavy atom. The molecule has 0 aromatic heterocycles. The Balaban J connectivity index is 3.35. The van der Waals surface area contributed by atoms with Crippen molar-refractivity contribution in [3.05, 3.63) is 7.05 Å². The first kappa shape index (κ1) is 7.05. The van der Waals surface area contributed by atoms with Gasteiger partial charge in [-0.25, -0.2) is 0 Å². The Kier molecular flexibility index (Phi) is 3.13. The fourth-order valence-corrected chi connectivity index (χ4v) is 0.231. The normalized spacial score (nSPS) is 9.14. The molecule has 0 heterocycles. The molecule has 0 unspecified atom stereocenters. The number of carbonyl (C=O) groups is 1. The van der Waals surface area contributed by atoms with Crippen molar-refractivity contribution in [1.82, 2.24) is 5.32 Å². The first-order valence-corrected chi connectivity index (χ1v) is 2.41. The molecule has 2 nitrogen and oxygen atoms in total. The van der Waals surface area contributed by atoms with E-state index >= 15 is 0 Å². The molecule has 0 rings (SSSR count). The quantitative estimate of drug-likeness (QED) is 0.535. The molecule has 1 amide bonds. The van der Waals surface area contributed by atoms with Gasteiger partial charge in [0.1, 0.15) is 0 Å². The zero-order valence-corrected chi connectivity index (χ0v) is 4.96. The molecule has 0 aliphatic carbocycles. The molecule has 1 N–H and O–H groups in total. The van der Waals surface area contributed by atoms with Crippen LogP contribution in [0.2, 0.25) is 0 Å². The lowest BCUT2D eigenvalue weighted by Crippen LogP contribution is -2.21. The number of carbonyl (C=O) groups excluding carboxylic acids is 1. The second-order valence-electron chi connectivity index (χ2n) is 0.842. The van der Waals surface area contributed by atoms with Gasteiger partial charge in [-0.1, -0.05) is 23.2 Å². The van der Waals surface area contributed by atoms with E-state index in [2.05, 4.69) is 7.05 Å². The molecule has 41 valence electrons. The predicted octanol–water partition coefficient (Wildman–Crippen LogP) is 0.698. The van der Waals surface area contributed by atoms with Gasteiger partial charge in [-0.2, -0.15) is 0 Å². The second kappa shape index (κ2) is 3.10. The fraction of sp³-hybridized carbons (Fsp3) is 0.333. The summed E-state index contributed by atoms with van der Waals surface area (Å²) in [5, 5.41) is 2.01. The molecule has 0 aromatic rings. The van der Waals surface area contributed by atoms with Crippen LogP contribution in [-0.2, 0) is 4.79 Å². The lowest BCUT2D eigenvalue weighted by atomic mass is 10.7. The van der Waals surface area contributed by atoms with E-state index in [0.717, 1.165) is 0 Å². The third kappa shape index (κ3) is 2.71. The van der Waals surface area contributed by atoms with Crippen LogP contribution in [0.15, 0.2) is 0 Å². The summed E-state index contributed by atoms with van der Waals surface area (Å²) in [6, 6.07) is 0. The minimum Gasteiger partial charge on any atom is -0.352 e. The summed E-state index contributed by atoms with van der Waals surface area (Å²) in [5.74, 6) is -0.483.